The summed E-state index contributed by atoms with van der Waals surface area (Å²) in [6.07, 6.45) is 3.71. The molecule has 0 radical (unpaired) electrons. The lowest BCUT2D eigenvalue weighted by Gasteiger charge is -2.01. The van der Waals surface area contributed by atoms with Crippen LogP contribution in [0, 0.1) is 10.1 Å². The lowest BCUT2D eigenvalue weighted by atomic mass is 10.4. The van der Waals surface area contributed by atoms with E-state index in [1.165, 1.54) is 17.8 Å². The fourth-order valence-corrected chi connectivity index (χ4v) is 2.33. The molecule has 0 saturated carbocycles. The van der Waals surface area contributed by atoms with Crippen LogP contribution >= 0.6 is 27.7 Å². The molecule has 15 heavy (non-hydrogen) atoms. The first-order valence-corrected chi connectivity index (χ1v) is 6.35. The molecule has 1 rings (SSSR count). The normalized spacial score (nSPS) is 10.3. The van der Waals surface area contributed by atoms with Crippen LogP contribution in [0.4, 0.5) is 5.69 Å². The molecule has 0 fully saturated rings. The number of hydrogen-bond acceptors (Lipinski definition) is 4. The van der Waals surface area contributed by atoms with Gasteiger partial charge in [-0.2, -0.15) is 0 Å². The smallest absolute Gasteiger partial charge is 0.258 e. The van der Waals surface area contributed by atoms with Gasteiger partial charge in [0.2, 0.25) is 0 Å². The molecule has 6 heteroatoms. The fraction of sp³-hybridized carbons (Fsp3) is 0.444. The van der Waals surface area contributed by atoms with Crippen molar-refractivity contribution in [2.75, 3.05) is 5.75 Å². The number of nitrogens with zero attached hydrogens (tertiary/aromatic N) is 2. The summed E-state index contributed by atoms with van der Waals surface area (Å²) >= 11 is 4.61. The van der Waals surface area contributed by atoms with Crippen LogP contribution in [-0.2, 0) is 0 Å². The minimum atomic E-state index is -0.397. The van der Waals surface area contributed by atoms with E-state index in [1.54, 1.807) is 6.20 Å². The van der Waals surface area contributed by atoms with Crippen molar-refractivity contribution in [3.05, 3.63) is 26.9 Å². The second kappa shape index (κ2) is 6.07. The highest BCUT2D eigenvalue weighted by molar-refractivity contribution is 9.10. The first-order chi connectivity index (χ1) is 7.15. The maximum absolute atomic E-state index is 10.7. The Morgan fingerprint density at radius 2 is 2.40 bits per heavy atom. The zero-order valence-electron chi connectivity index (χ0n) is 8.27. The molecule has 82 valence electrons. The number of thioether (sulfide) groups is 1. The standard InChI is InChI=1S/C9H11BrN2O2S/c1-2-3-4-15-9-8(12(13)14)5-7(10)6-11-9/h5-6H,2-4H2,1H3. The van der Waals surface area contributed by atoms with Crippen molar-refractivity contribution in [1.82, 2.24) is 4.98 Å². The first kappa shape index (κ1) is 12.4. The van der Waals surface area contributed by atoms with E-state index < -0.39 is 4.92 Å². The average Bonchev–Trinajstić information content (AvgIpc) is 2.20. The number of hydrogen-bond donors (Lipinski definition) is 0. The summed E-state index contributed by atoms with van der Waals surface area (Å²) in [6.45, 7) is 2.09. The maximum atomic E-state index is 10.7. The molecule has 1 aromatic heterocycles. The van der Waals surface area contributed by atoms with Crippen molar-refractivity contribution in [3.63, 3.8) is 0 Å². The minimum absolute atomic E-state index is 0.0745. The van der Waals surface area contributed by atoms with Crippen LogP contribution in [0.3, 0.4) is 0 Å². The fourth-order valence-electron chi connectivity index (χ4n) is 0.971. The van der Waals surface area contributed by atoms with E-state index in [9.17, 15) is 10.1 Å². The molecule has 0 N–H and O–H groups in total. The third-order valence-corrected chi connectivity index (χ3v) is 3.25. The number of nitro groups is 1. The number of pyridine rings is 1. The van der Waals surface area contributed by atoms with E-state index in [2.05, 4.69) is 27.8 Å². The van der Waals surface area contributed by atoms with Gasteiger partial charge in [0.05, 0.1) is 4.92 Å². The van der Waals surface area contributed by atoms with Gasteiger partial charge in [-0.1, -0.05) is 25.1 Å². The summed E-state index contributed by atoms with van der Waals surface area (Å²) in [7, 11) is 0. The largest absolute Gasteiger partial charge is 0.302 e. The second-order valence-corrected chi connectivity index (χ2v) is 4.94. The zero-order valence-corrected chi connectivity index (χ0v) is 10.7. The van der Waals surface area contributed by atoms with Gasteiger partial charge in [0, 0.05) is 16.7 Å². The Bertz CT molecular complexity index is 360. The molecule has 0 spiro atoms. The van der Waals surface area contributed by atoms with Gasteiger partial charge in [-0.25, -0.2) is 4.98 Å². The highest BCUT2D eigenvalue weighted by atomic mass is 79.9. The Morgan fingerprint density at radius 3 is 3.00 bits per heavy atom. The average molecular weight is 291 g/mol. The second-order valence-electron chi connectivity index (χ2n) is 2.94. The van der Waals surface area contributed by atoms with Crippen LogP contribution in [0.1, 0.15) is 19.8 Å². The van der Waals surface area contributed by atoms with Gasteiger partial charge >= 0.3 is 5.69 Å². The lowest BCUT2D eigenvalue weighted by Crippen LogP contribution is -1.94. The molecular weight excluding hydrogens is 280 g/mol. The van der Waals surface area contributed by atoms with Gasteiger partial charge in [-0.05, 0) is 28.1 Å². The van der Waals surface area contributed by atoms with E-state index in [1.807, 2.05) is 0 Å². The van der Waals surface area contributed by atoms with E-state index in [-0.39, 0.29) is 5.69 Å². The SMILES string of the molecule is CCCCSc1ncc(Br)cc1[N+](=O)[O-]. The Hall–Kier alpha value is -0.620. The predicted molar refractivity (Wildman–Crippen MR) is 64.2 cm³/mol. The number of unbranched alkanes of at least 4 members (excludes halogenated alkanes) is 1. The van der Waals surface area contributed by atoms with E-state index in [0.29, 0.717) is 9.50 Å². The highest BCUT2D eigenvalue weighted by Gasteiger charge is 2.15. The van der Waals surface area contributed by atoms with Crippen LogP contribution in [0.2, 0.25) is 0 Å². The number of halogens is 1. The van der Waals surface area contributed by atoms with Gasteiger partial charge < -0.3 is 0 Å². The van der Waals surface area contributed by atoms with Crippen molar-refractivity contribution in [2.24, 2.45) is 0 Å². The molecule has 0 aliphatic rings. The van der Waals surface area contributed by atoms with Crippen LogP contribution in [-0.4, -0.2) is 15.7 Å². The van der Waals surface area contributed by atoms with Crippen molar-refractivity contribution < 1.29 is 4.92 Å². The molecule has 0 bridgehead atoms. The Balaban J connectivity index is 2.81. The van der Waals surface area contributed by atoms with Crippen molar-refractivity contribution >= 4 is 33.4 Å². The highest BCUT2D eigenvalue weighted by Crippen LogP contribution is 2.29. The molecule has 0 aliphatic heterocycles. The Kier molecular flexibility index (Phi) is 5.04. The summed E-state index contributed by atoms with van der Waals surface area (Å²) in [6, 6.07) is 1.49. The molecule has 0 unspecified atom stereocenters. The Morgan fingerprint density at radius 1 is 1.67 bits per heavy atom. The molecule has 4 nitrogen and oxygen atoms in total. The van der Waals surface area contributed by atoms with Gasteiger partial charge in [0.25, 0.3) is 0 Å². The number of aromatic nitrogens is 1. The van der Waals surface area contributed by atoms with Gasteiger partial charge in [-0.3, -0.25) is 10.1 Å². The molecule has 0 aromatic carbocycles. The summed E-state index contributed by atoms with van der Waals surface area (Å²) in [5.74, 6) is 0.867. The monoisotopic (exact) mass is 290 g/mol. The summed E-state index contributed by atoms with van der Waals surface area (Å²) in [5.41, 5.74) is 0.0745. The predicted octanol–water partition coefficient (Wildman–Crippen LogP) is 3.64. The lowest BCUT2D eigenvalue weighted by molar-refractivity contribution is -0.388. The van der Waals surface area contributed by atoms with E-state index >= 15 is 0 Å². The molecule has 0 amide bonds. The minimum Gasteiger partial charge on any atom is -0.258 e. The van der Waals surface area contributed by atoms with Crippen LogP contribution in [0.5, 0.6) is 0 Å². The molecule has 0 saturated heterocycles. The molecular formula is C9H11BrN2O2S. The number of rotatable bonds is 5. The van der Waals surface area contributed by atoms with E-state index in [4.69, 9.17) is 0 Å². The molecule has 1 aromatic rings. The van der Waals surface area contributed by atoms with Crippen LogP contribution < -0.4 is 0 Å². The summed E-state index contributed by atoms with van der Waals surface area (Å²) in [5, 5.41) is 11.2. The Labute approximate surface area is 101 Å². The van der Waals surface area contributed by atoms with E-state index in [0.717, 1.165) is 18.6 Å². The van der Waals surface area contributed by atoms with Crippen LogP contribution in [0.15, 0.2) is 21.8 Å². The zero-order chi connectivity index (χ0) is 11.3. The summed E-state index contributed by atoms with van der Waals surface area (Å²) in [4.78, 5) is 14.4. The van der Waals surface area contributed by atoms with Gasteiger partial charge in [-0.15, -0.1) is 0 Å². The van der Waals surface area contributed by atoms with Gasteiger partial charge in [0.1, 0.15) is 0 Å². The third kappa shape index (κ3) is 3.79. The quantitative estimate of drug-likeness (QED) is 0.359. The molecule has 0 aliphatic carbocycles. The first-order valence-electron chi connectivity index (χ1n) is 4.58. The maximum Gasteiger partial charge on any atom is 0.302 e. The van der Waals surface area contributed by atoms with Crippen molar-refractivity contribution in [1.29, 1.82) is 0 Å². The van der Waals surface area contributed by atoms with Crippen molar-refractivity contribution in [3.8, 4) is 0 Å². The summed E-state index contributed by atoms with van der Waals surface area (Å²) < 4.78 is 0.633. The molecule has 1 heterocycles. The topological polar surface area (TPSA) is 56.0 Å². The van der Waals surface area contributed by atoms with Crippen LogP contribution in [0.25, 0.3) is 0 Å². The third-order valence-electron chi connectivity index (χ3n) is 1.73. The van der Waals surface area contributed by atoms with Crippen molar-refractivity contribution in [2.45, 2.75) is 24.8 Å². The van der Waals surface area contributed by atoms with Gasteiger partial charge in [0.15, 0.2) is 5.03 Å². The molecule has 0 atom stereocenters.